The van der Waals surface area contributed by atoms with Crippen LogP contribution in [0.3, 0.4) is 0 Å². The van der Waals surface area contributed by atoms with E-state index in [2.05, 4.69) is 94.8 Å². The molecule has 0 fully saturated rings. The first-order valence-electron chi connectivity index (χ1n) is 10.2. The number of thioether (sulfide) groups is 1. The Labute approximate surface area is 194 Å². The van der Waals surface area contributed by atoms with Crippen molar-refractivity contribution >= 4 is 44.5 Å². The first-order valence-corrected chi connectivity index (χ1v) is 12.9. The molecule has 0 saturated heterocycles. The number of hydrogen-bond acceptors (Lipinski definition) is 6. The van der Waals surface area contributed by atoms with Crippen molar-refractivity contribution in [1.29, 1.82) is 0 Å². The minimum absolute atomic E-state index is 0.268. The van der Waals surface area contributed by atoms with E-state index in [-0.39, 0.29) is 6.04 Å². The van der Waals surface area contributed by atoms with Gasteiger partial charge in [0.05, 0.1) is 5.69 Å². The first kappa shape index (κ1) is 20.4. The lowest BCUT2D eigenvalue weighted by atomic mass is 10.1. The third-order valence-corrected chi connectivity index (χ3v) is 7.95. The van der Waals surface area contributed by atoms with E-state index in [0.29, 0.717) is 0 Å². The Balaban J connectivity index is 1.41. The molecule has 0 unspecified atom stereocenters. The molecule has 3 heterocycles. The van der Waals surface area contributed by atoms with Crippen LogP contribution < -0.4 is 0 Å². The maximum atomic E-state index is 4.85. The fourth-order valence-electron chi connectivity index (χ4n) is 3.60. The molecule has 0 aliphatic rings. The molecule has 156 valence electrons. The molecule has 0 amide bonds. The highest BCUT2D eigenvalue weighted by molar-refractivity contribution is 7.98. The smallest absolute Gasteiger partial charge is 0.192 e. The van der Waals surface area contributed by atoms with Gasteiger partial charge in [0.25, 0.3) is 0 Å². The topological polar surface area (TPSA) is 43.6 Å². The molecule has 2 aromatic carbocycles. The minimum Gasteiger partial charge on any atom is -0.299 e. The van der Waals surface area contributed by atoms with Crippen LogP contribution >= 0.6 is 34.4 Å². The second-order valence-corrected chi connectivity index (χ2v) is 10.4. The molecule has 0 N–H and O–H groups in total. The summed E-state index contributed by atoms with van der Waals surface area (Å²) in [7, 11) is 0. The highest BCUT2D eigenvalue weighted by Crippen LogP contribution is 2.36. The zero-order valence-electron chi connectivity index (χ0n) is 17.6. The van der Waals surface area contributed by atoms with Gasteiger partial charge in [-0.3, -0.25) is 4.57 Å². The van der Waals surface area contributed by atoms with Crippen molar-refractivity contribution in [3.8, 4) is 22.0 Å². The summed E-state index contributed by atoms with van der Waals surface area (Å²) in [6.07, 6.45) is 0. The number of rotatable bonds is 6. The molecular weight excluding hydrogens is 440 g/mol. The van der Waals surface area contributed by atoms with Gasteiger partial charge < -0.3 is 0 Å². The van der Waals surface area contributed by atoms with Crippen LogP contribution in [-0.2, 0) is 5.75 Å². The third kappa shape index (κ3) is 4.05. The molecule has 0 aliphatic heterocycles. The van der Waals surface area contributed by atoms with Crippen LogP contribution in [0.4, 0.5) is 0 Å². The number of thiophene rings is 1. The van der Waals surface area contributed by atoms with Crippen LogP contribution in [0.5, 0.6) is 0 Å². The van der Waals surface area contributed by atoms with Gasteiger partial charge in [0, 0.05) is 43.8 Å². The van der Waals surface area contributed by atoms with E-state index in [1.165, 1.54) is 21.2 Å². The zero-order valence-corrected chi connectivity index (χ0v) is 20.0. The normalized spacial score (nSPS) is 11.6. The third-order valence-electron chi connectivity index (χ3n) is 5.07. The molecule has 3 aromatic heterocycles. The zero-order chi connectivity index (χ0) is 21.4. The average Bonchev–Trinajstić information content (AvgIpc) is 3.49. The lowest BCUT2D eigenvalue weighted by Gasteiger charge is -2.13. The highest BCUT2D eigenvalue weighted by atomic mass is 32.2. The Bertz CT molecular complexity index is 1350. The molecule has 0 radical (unpaired) electrons. The Morgan fingerprint density at radius 1 is 1.00 bits per heavy atom. The summed E-state index contributed by atoms with van der Waals surface area (Å²) < 4.78 is 3.52. The Morgan fingerprint density at radius 3 is 2.71 bits per heavy atom. The fourth-order valence-corrected chi connectivity index (χ4v) is 6.42. The lowest BCUT2D eigenvalue weighted by molar-refractivity contribution is 0.555. The SMILES string of the molecule is Cc1cccc(-c2nc(CSc3nnc(-c4csc5ccccc45)n3C(C)C)cs2)c1. The highest BCUT2D eigenvalue weighted by Gasteiger charge is 2.19. The van der Waals surface area contributed by atoms with E-state index in [1.807, 2.05) is 0 Å². The Morgan fingerprint density at radius 2 is 1.87 bits per heavy atom. The van der Waals surface area contributed by atoms with Crippen molar-refractivity contribution in [3.63, 3.8) is 0 Å². The van der Waals surface area contributed by atoms with Gasteiger partial charge in [-0.05, 0) is 32.9 Å². The summed E-state index contributed by atoms with van der Waals surface area (Å²) >= 11 is 5.15. The summed E-state index contributed by atoms with van der Waals surface area (Å²) in [5, 5.41) is 16.7. The monoisotopic (exact) mass is 462 g/mol. The summed E-state index contributed by atoms with van der Waals surface area (Å²) in [5.41, 5.74) is 4.66. The molecule has 4 nitrogen and oxygen atoms in total. The van der Waals surface area contributed by atoms with Crippen LogP contribution in [0.15, 0.2) is 64.4 Å². The molecule has 0 atom stereocenters. The van der Waals surface area contributed by atoms with Gasteiger partial charge in [-0.25, -0.2) is 4.98 Å². The number of aryl methyl sites for hydroxylation is 1. The number of fused-ring (bicyclic) bond motifs is 1. The number of nitrogens with zero attached hydrogens (tertiary/aromatic N) is 4. The van der Waals surface area contributed by atoms with Crippen LogP contribution in [0.2, 0.25) is 0 Å². The van der Waals surface area contributed by atoms with Gasteiger partial charge in [0.15, 0.2) is 11.0 Å². The molecule has 31 heavy (non-hydrogen) atoms. The summed E-state index contributed by atoms with van der Waals surface area (Å²) in [4.78, 5) is 4.85. The average molecular weight is 463 g/mol. The van der Waals surface area contributed by atoms with Gasteiger partial charge in [-0.1, -0.05) is 53.7 Å². The molecule has 7 heteroatoms. The fraction of sp³-hybridized carbons (Fsp3) is 0.208. The second kappa shape index (κ2) is 8.57. The standard InChI is InChI=1S/C24H22N4S3/c1-15(2)28-22(20-14-29-21-10-5-4-9-19(20)21)26-27-24(28)31-13-18-12-30-23(25-18)17-8-6-7-16(3)11-17/h4-12,14-15H,13H2,1-3H3. The molecule has 5 aromatic rings. The van der Waals surface area contributed by atoms with Crippen molar-refractivity contribution < 1.29 is 0 Å². The van der Waals surface area contributed by atoms with Gasteiger partial charge in [0.2, 0.25) is 0 Å². The minimum atomic E-state index is 0.268. The van der Waals surface area contributed by atoms with E-state index >= 15 is 0 Å². The first-order chi connectivity index (χ1) is 15.1. The van der Waals surface area contributed by atoms with Crippen molar-refractivity contribution in [3.05, 3.63) is 70.5 Å². The lowest BCUT2D eigenvalue weighted by Crippen LogP contribution is -2.05. The summed E-state index contributed by atoms with van der Waals surface area (Å²) in [6, 6.07) is 17.2. The summed E-state index contributed by atoms with van der Waals surface area (Å²) in [6.45, 7) is 6.48. The van der Waals surface area contributed by atoms with Crippen LogP contribution in [0, 0.1) is 6.92 Å². The van der Waals surface area contributed by atoms with Gasteiger partial charge in [-0.2, -0.15) is 0 Å². The van der Waals surface area contributed by atoms with Crippen molar-refractivity contribution in [2.45, 2.75) is 37.7 Å². The maximum absolute atomic E-state index is 4.85. The molecule has 0 spiro atoms. The van der Waals surface area contributed by atoms with E-state index in [9.17, 15) is 0 Å². The largest absolute Gasteiger partial charge is 0.299 e. The quantitative estimate of drug-likeness (QED) is 0.246. The Kier molecular flexibility index (Phi) is 5.65. The van der Waals surface area contributed by atoms with Crippen molar-refractivity contribution in [2.24, 2.45) is 0 Å². The van der Waals surface area contributed by atoms with E-state index in [4.69, 9.17) is 4.98 Å². The second-order valence-electron chi connectivity index (χ2n) is 7.72. The van der Waals surface area contributed by atoms with Crippen LogP contribution in [0.25, 0.3) is 32.0 Å². The number of aromatic nitrogens is 4. The van der Waals surface area contributed by atoms with Gasteiger partial charge >= 0.3 is 0 Å². The molecule has 5 rings (SSSR count). The van der Waals surface area contributed by atoms with Crippen LogP contribution in [0.1, 0.15) is 31.1 Å². The molecule has 0 bridgehead atoms. The number of benzene rings is 2. The predicted octanol–water partition coefficient (Wildman–Crippen LogP) is 7.46. The maximum Gasteiger partial charge on any atom is 0.192 e. The van der Waals surface area contributed by atoms with E-state index in [0.717, 1.165) is 33.0 Å². The molecule has 0 aliphatic carbocycles. The summed E-state index contributed by atoms with van der Waals surface area (Å²) in [5.74, 6) is 1.71. The van der Waals surface area contributed by atoms with Crippen LogP contribution in [-0.4, -0.2) is 19.7 Å². The van der Waals surface area contributed by atoms with Crippen molar-refractivity contribution in [1.82, 2.24) is 19.7 Å². The molecular formula is C24H22N4S3. The number of thiazole rings is 1. The van der Waals surface area contributed by atoms with Gasteiger partial charge in [-0.15, -0.1) is 32.9 Å². The predicted molar refractivity (Wildman–Crippen MR) is 133 cm³/mol. The van der Waals surface area contributed by atoms with E-state index in [1.54, 1.807) is 34.4 Å². The number of hydrogen-bond donors (Lipinski definition) is 0. The van der Waals surface area contributed by atoms with E-state index < -0.39 is 0 Å². The Hall–Kier alpha value is -2.48. The van der Waals surface area contributed by atoms with Crippen molar-refractivity contribution in [2.75, 3.05) is 0 Å². The van der Waals surface area contributed by atoms with Gasteiger partial charge in [0.1, 0.15) is 5.01 Å². The molecule has 0 saturated carbocycles.